The van der Waals surface area contributed by atoms with Gasteiger partial charge in [-0.15, -0.1) is 0 Å². The van der Waals surface area contributed by atoms with Crippen LogP contribution in [0.1, 0.15) is 74.1 Å². The topological polar surface area (TPSA) is 63.1 Å². The van der Waals surface area contributed by atoms with Crippen LogP contribution in [0.2, 0.25) is 17.3 Å². The molecule has 0 aliphatic carbocycles. The van der Waals surface area contributed by atoms with Crippen LogP contribution < -0.4 is 4.40 Å². The molecule has 0 amide bonds. The number of Topliss-reactive ketones (excluding diaryl/α,β-unsaturated/α-hetero) is 1. The van der Waals surface area contributed by atoms with Crippen LogP contribution in [0.5, 0.6) is 0 Å². The number of rotatable bonds is 4. The Morgan fingerprint density at radius 3 is 2.05 bits per heavy atom. The Balaban J connectivity index is 0.000000369. The fourth-order valence-corrected chi connectivity index (χ4v) is 8.23. The molecule has 0 saturated heterocycles. The first kappa shape index (κ1) is 36.8. The number of allylic oxidation sites excluding steroid dienone is 2. The molecular weight excluding hydrogens is 776 g/mol. The summed E-state index contributed by atoms with van der Waals surface area (Å²) in [4.78, 5) is 21.7. The van der Waals surface area contributed by atoms with E-state index in [0.29, 0.717) is 5.57 Å². The number of ketones is 1. The molecule has 3 aromatic carbocycles. The molecule has 7 heteroatoms. The number of carbonyl (C=O) groups is 1. The van der Waals surface area contributed by atoms with Gasteiger partial charge >= 0.3 is 168 Å². The number of nitrogens with zero attached hydrogens (tertiary/aromatic N) is 2. The third kappa shape index (κ3) is 8.61. The predicted octanol–water partition coefficient (Wildman–Crippen LogP) is 9.54. The Kier molecular flexibility index (Phi) is 11.7. The Hall–Kier alpha value is -2.41. The molecular formula is C36H46FGeIrN2O2-. The molecule has 233 valence electrons. The van der Waals surface area contributed by atoms with Gasteiger partial charge in [0.25, 0.3) is 0 Å². The average molecular weight is 823 g/mol. The summed E-state index contributed by atoms with van der Waals surface area (Å²) in [5.41, 5.74) is 2.32. The SMILES string of the molecule is C/C(C(=O)C(C)(C)C)=C(/O)C(C)(C)C.CC(C)c1nc(-c2[c-]cc(F)cc2)c2ccc3ccc[c]([Ge]([CH3])([CH3])[CH3])c3c2n1.[Ir]. The first-order valence-electron chi connectivity index (χ1n) is 14.6. The van der Waals surface area contributed by atoms with Crippen LogP contribution in [0.25, 0.3) is 32.9 Å². The Morgan fingerprint density at radius 1 is 0.930 bits per heavy atom. The van der Waals surface area contributed by atoms with Crippen molar-refractivity contribution in [2.24, 2.45) is 10.8 Å². The molecule has 1 aromatic heterocycles. The third-order valence-corrected chi connectivity index (χ3v) is 11.4. The van der Waals surface area contributed by atoms with Crippen molar-refractivity contribution in [3.05, 3.63) is 77.6 Å². The Labute approximate surface area is 273 Å². The quantitative estimate of drug-likeness (QED) is 0.0733. The van der Waals surface area contributed by atoms with Gasteiger partial charge in [-0.3, -0.25) is 4.79 Å². The number of halogens is 1. The maximum absolute atomic E-state index is 13.5. The van der Waals surface area contributed by atoms with E-state index in [9.17, 15) is 14.3 Å². The molecule has 1 heterocycles. The Morgan fingerprint density at radius 2 is 1.56 bits per heavy atom. The smallest absolute Gasteiger partial charge is 0 e. The van der Waals surface area contributed by atoms with Gasteiger partial charge in [-0.1, -0.05) is 41.5 Å². The largest absolute Gasteiger partial charge is 0 e. The van der Waals surface area contributed by atoms with E-state index < -0.39 is 18.7 Å². The molecule has 0 atom stereocenters. The zero-order chi connectivity index (χ0) is 31.8. The number of fused-ring (bicyclic) bond motifs is 3. The minimum absolute atomic E-state index is 0. The van der Waals surface area contributed by atoms with Crippen LogP contribution in [0.3, 0.4) is 0 Å². The molecule has 0 unspecified atom stereocenters. The molecule has 0 aliphatic rings. The van der Waals surface area contributed by atoms with Gasteiger partial charge in [0.15, 0.2) is 5.78 Å². The van der Waals surface area contributed by atoms with Crippen molar-refractivity contribution >= 4 is 45.1 Å². The summed E-state index contributed by atoms with van der Waals surface area (Å²) >= 11 is -2.13. The average Bonchev–Trinajstić information content (AvgIpc) is 2.89. The van der Waals surface area contributed by atoms with Crippen molar-refractivity contribution in [3.8, 4) is 11.3 Å². The molecule has 4 nitrogen and oxygen atoms in total. The summed E-state index contributed by atoms with van der Waals surface area (Å²) in [6.07, 6.45) is 0. The van der Waals surface area contributed by atoms with E-state index in [4.69, 9.17) is 9.97 Å². The monoisotopic (exact) mass is 824 g/mol. The van der Waals surface area contributed by atoms with E-state index in [2.05, 4.69) is 67.5 Å². The van der Waals surface area contributed by atoms with Crippen LogP contribution in [-0.4, -0.2) is 34.1 Å². The number of hydrogen-bond acceptors (Lipinski definition) is 4. The molecule has 0 aliphatic heterocycles. The molecule has 1 N–H and O–H groups in total. The van der Waals surface area contributed by atoms with Gasteiger partial charge in [0.2, 0.25) is 0 Å². The first-order valence-corrected chi connectivity index (χ1v) is 21.9. The van der Waals surface area contributed by atoms with Crippen molar-refractivity contribution in [1.29, 1.82) is 0 Å². The van der Waals surface area contributed by atoms with Gasteiger partial charge in [-0.25, -0.2) is 0 Å². The summed E-state index contributed by atoms with van der Waals surface area (Å²) in [5.74, 6) is 8.14. The minimum Gasteiger partial charge on any atom is 0 e. The van der Waals surface area contributed by atoms with E-state index in [0.717, 1.165) is 28.0 Å². The van der Waals surface area contributed by atoms with Crippen LogP contribution >= 0.6 is 0 Å². The summed E-state index contributed by atoms with van der Waals surface area (Å²) in [7, 11) is 0. The van der Waals surface area contributed by atoms with Crippen molar-refractivity contribution in [2.45, 2.75) is 85.5 Å². The number of benzene rings is 3. The number of aliphatic hydroxyl groups excluding tert-OH is 1. The van der Waals surface area contributed by atoms with Gasteiger partial charge in [-0.2, -0.15) is 0 Å². The fourth-order valence-electron chi connectivity index (χ4n) is 4.86. The van der Waals surface area contributed by atoms with Crippen molar-refractivity contribution < 1.29 is 34.4 Å². The second-order valence-corrected chi connectivity index (χ2v) is 25.0. The number of aromatic nitrogens is 2. The third-order valence-electron chi connectivity index (χ3n) is 7.17. The van der Waals surface area contributed by atoms with Crippen molar-refractivity contribution in [1.82, 2.24) is 9.97 Å². The predicted molar refractivity (Wildman–Crippen MR) is 178 cm³/mol. The van der Waals surface area contributed by atoms with Crippen LogP contribution in [-0.2, 0) is 24.9 Å². The standard InChI is InChI=1S/C24H24FGeN2.C12H22O2.Ir/c1-15(2)24-27-22(17-9-12-18(25)13-10-17)19-14-11-16-7-6-8-20(26(3,4)5)21(16)23(19)28-24;1-8(9(13)11(2,3)4)10(14)12(5,6)7;/h6-9,11-15H,1-5H3;13H,1-7H3;/q-1;;/b;9-8-;. The van der Waals surface area contributed by atoms with Crippen LogP contribution in [0, 0.1) is 22.7 Å². The van der Waals surface area contributed by atoms with Gasteiger partial charge in [0.1, 0.15) is 5.76 Å². The molecule has 4 rings (SSSR count). The van der Waals surface area contributed by atoms with E-state index in [1.165, 1.54) is 27.3 Å². The van der Waals surface area contributed by atoms with Crippen molar-refractivity contribution in [2.75, 3.05) is 0 Å². The number of aliphatic hydroxyl groups is 1. The Bertz CT molecular complexity index is 1640. The second kappa shape index (κ2) is 13.7. The number of carbonyl (C=O) groups excluding carboxylic acids is 1. The summed E-state index contributed by atoms with van der Waals surface area (Å²) in [6, 6.07) is 18.5. The second-order valence-electron chi connectivity index (χ2n) is 14.4. The molecule has 4 aromatic rings. The molecule has 1 radical (unpaired) electrons. The van der Waals surface area contributed by atoms with Crippen LogP contribution in [0.4, 0.5) is 4.39 Å². The van der Waals surface area contributed by atoms with E-state index in [1.807, 2.05) is 41.5 Å². The fraction of sp³-hybridized carbons (Fsp3) is 0.417. The molecule has 0 saturated carbocycles. The van der Waals surface area contributed by atoms with Gasteiger partial charge in [-0.05, 0) is 6.92 Å². The van der Waals surface area contributed by atoms with Gasteiger partial charge < -0.3 is 5.11 Å². The van der Waals surface area contributed by atoms with E-state index >= 15 is 0 Å². The zero-order valence-corrected chi connectivity index (χ0v) is 32.2. The molecule has 0 spiro atoms. The van der Waals surface area contributed by atoms with Crippen LogP contribution in [0.15, 0.2) is 59.9 Å². The molecule has 43 heavy (non-hydrogen) atoms. The summed E-state index contributed by atoms with van der Waals surface area (Å²) < 4.78 is 14.9. The maximum atomic E-state index is 13.5. The number of hydrogen-bond donors (Lipinski definition) is 1. The van der Waals surface area contributed by atoms with Gasteiger partial charge in [0, 0.05) is 36.5 Å². The van der Waals surface area contributed by atoms with Crippen molar-refractivity contribution in [3.63, 3.8) is 0 Å². The molecule has 0 bridgehead atoms. The maximum Gasteiger partial charge on any atom is 0 e. The normalized spacial score (nSPS) is 12.9. The summed E-state index contributed by atoms with van der Waals surface area (Å²) in [6.45, 7) is 17.1. The first-order chi connectivity index (χ1) is 19.2. The van der Waals surface area contributed by atoms with E-state index in [-0.39, 0.29) is 48.8 Å². The zero-order valence-electron chi connectivity index (χ0n) is 27.7. The van der Waals surface area contributed by atoms with Gasteiger partial charge in [0.05, 0.1) is 0 Å². The molecule has 0 fully saturated rings. The summed E-state index contributed by atoms with van der Waals surface area (Å²) in [5, 5.41) is 13.3. The van der Waals surface area contributed by atoms with E-state index in [1.54, 1.807) is 13.0 Å². The minimum atomic E-state index is -2.13.